The Hall–Kier alpha value is -2.74. The van der Waals surface area contributed by atoms with E-state index in [1.54, 1.807) is 18.2 Å². The van der Waals surface area contributed by atoms with Gasteiger partial charge in [0.1, 0.15) is 4.83 Å². The van der Waals surface area contributed by atoms with Gasteiger partial charge in [-0.1, -0.05) is 12.1 Å². The largest absolute Gasteiger partial charge is 0.431 e. The van der Waals surface area contributed by atoms with E-state index in [9.17, 15) is 10.1 Å². The molecule has 2 aromatic heterocycles. The summed E-state index contributed by atoms with van der Waals surface area (Å²) in [5.41, 5.74) is 5.47. The zero-order valence-electron chi connectivity index (χ0n) is 10.0. The molecule has 20 heavy (non-hydrogen) atoms. The molecule has 2 N–H and O–H groups in total. The number of fused-ring (bicyclic) bond motifs is 1. The van der Waals surface area contributed by atoms with Crippen LogP contribution >= 0.6 is 11.3 Å². The van der Waals surface area contributed by atoms with Gasteiger partial charge in [-0.25, -0.2) is 4.98 Å². The number of ether oxygens (including phenoxy) is 1. The average Bonchev–Trinajstić information content (AvgIpc) is 2.87. The Kier molecular flexibility index (Phi) is 2.92. The second-order valence-electron chi connectivity index (χ2n) is 3.85. The predicted octanol–water partition coefficient (Wildman–Crippen LogP) is 2.97. The lowest BCUT2D eigenvalue weighted by Crippen LogP contribution is -1.98. The van der Waals surface area contributed by atoms with E-state index in [0.29, 0.717) is 10.2 Å². The number of thiophene rings is 1. The molecule has 0 bridgehead atoms. The minimum absolute atomic E-state index is 0.0635. The van der Waals surface area contributed by atoms with Crippen LogP contribution in [0.1, 0.15) is 0 Å². The van der Waals surface area contributed by atoms with E-state index in [1.165, 1.54) is 23.5 Å². The summed E-state index contributed by atoms with van der Waals surface area (Å²) in [7, 11) is 0. The summed E-state index contributed by atoms with van der Waals surface area (Å²) in [6.45, 7) is 0. The number of benzene rings is 1. The fraction of sp³-hybridized carbons (Fsp3) is 0. The van der Waals surface area contributed by atoms with Crippen molar-refractivity contribution >= 4 is 33.2 Å². The van der Waals surface area contributed by atoms with Crippen molar-refractivity contribution in [3.05, 3.63) is 45.8 Å². The molecule has 1 aromatic carbocycles. The highest BCUT2D eigenvalue weighted by molar-refractivity contribution is 7.16. The smallest absolute Gasteiger partial charge is 0.311 e. The van der Waals surface area contributed by atoms with Crippen LogP contribution in [0, 0.1) is 10.1 Å². The Morgan fingerprint density at radius 1 is 1.25 bits per heavy atom. The Morgan fingerprint density at radius 2 is 2.05 bits per heavy atom. The van der Waals surface area contributed by atoms with E-state index in [4.69, 9.17) is 10.5 Å². The minimum atomic E-state index is -0.509. The first-order valence-electron chi connectivity index (χ1n) is 5.57. The van der Waals surface area contributed by atoms with Crippen LogP contribution in [0.15, 0.2) is 35.7 Å². The molecule has 8 heteroatoms. The standard InChI is InChI=1S/C12H8N4O3S/c13-12-14-10(7-5-6-20-11(7)15-12)19-9-4-2-1-3-8(9)16(17)18/h1-6H,(H2,13,14,15). The molecule has 0 fully saturated rings. The first-order chi connectivity index (χ1) is 9.65. The van der Waals surface area contributed by atoms with Gasteiger partial charge in [0.25, 0.3) is 0 Å². The van der Waals surface area contributed by atoms with Crippen LogP contribution in [0.4, 0.5) is 11.6 Å². The van der Waals surface area contributed by atoms with Gasteiger partial charge in [0.15, 0.2) is 0 Å². The van der Waals surface area contributed by atoms with Crippen LogP contribution in [-0.4, -0.2) is 14.9 Å². The number of hydrogen-bond donors (Lipinski definition) is 1. The second-order valence-corrected chi connectivity index (χ2v) is 4.75. The predicted molar refractivity (Wildman–Crippen MR) is 75.0 cm³/mol. The van der Waals surface area contributed by atoms with Crippen molar-refractivity contribution in [2.45, 2.75) is 0 Å². The summed E-state index contributed by atoms with van der Waals surface area (Å²) in [6, 6.07) is 7.88. The SMILES string of the molecule is Nc1nc(Oc2ccccc2[N+](=O)[O-])c2ccsc2n1. The molecule has 0 radical (unpaired) electrons. The first kappa shape index (κ1) is 12.3. The van der Waals surface area contributed by atoms with E-state index < -0.39 is 4.92 Å². The normalized spacial score (nSPS) is 10.6. The molecule has 0 saturated carbocycles. The number of nitrogens with zero attached hydrogens (tertiary/aromatic N) is 3. The molecule has 0 atom stereocenters. The highest BCUT2D eigenvalue weighted by atomic mass is 32.1. The zero-order valence-corrected chi connectivity index (χ0v) is 10.8. The van der Waals surface area contributed by atoms with Crippen molar-refractivity contribution < 1.29 is 9.66 Å². The fourth-order valence-corrected chi connectivity index (χ4v) is 2.48. The summed E-state index contributed by atoms with van der Waals surface area (Å²) in [6.07, 6.45) is 0. The van der Waals surface area contributed by atoms with Gasteiger partial charge in [-0.3, -0.25) is 10.1 Å². The van der Waals surface area contributed by atoms with E-state index in [0.717, 1.165) is 0 Å². The zero-order chi connectivity index (χ0) is 14.1. The molecule has 0 unspecified atom stereocenters. The quantitative estimate of drug-likeness (QED) is 0.586. The maximum Gasteiger partial charge on any atom is 0.311 e. The van der Waals surface area contributed by atoms with Crippen molar-refractivity contribution in [3.63, 3.8) is 0 Å². The number of rotatable bonds is 3. The van der Waals surface area contributed by atoms with Gasteiger partial charge < -0.3 is 10.5 Å². The number of nitrogens with two attached hydrogens (primary N) is 1. The molecule has 3 aromatic rings. The average molecular weight is 288 g/mol. The third-order valence-electron chi connectivity index (χ3n) is 2.58. The fourth-order valence-electron chi connectivity index (χ4n) is 1.72. The molecule has 0 aliphatic heterocycles. The monoisotopic (exact) mass is 288 g/mol. The van der Waals surface area contributed by atoms with E-state index in [1.807, 2.05) is 5.38 Å². The molecule has 3 rings (SSSR count). The van der Waals surface area contributed by atoms with Gasteiger partial charge >= 0.3 is 5.69 Å². The molecule has 7 nitrogen and oxygen atoms in total. The molecule has 100 valence electrons. The van der Waals surface area contributed by atoms with Gasteiger partial charge in [-0.2, -0.15) is 4.98 Å². The third-order valence-corrected chi connectivity index (χ3v) is 3.38. The highest BCUT2D eigenvalue weighted by Gasteiger charge is 2.17. The third kappa shape index (κ3) is 2.12. The van der Waals surface area contributed by atoms with Gasteiger partial charge in [0, 0.05) is 6.07 Å². The topological polar surface area (TPSA) is 104 Å². The van der Waals surface area contributed by atoms with Crippen molar-refractivity contribution in [2.24, 2.45) is 0 Å². The summed E-state index contributed by atoms with van der Waals surface area (Å²) in [5, 5.41) is 13.5. The van der Waals surface area contributed by atoms with Crippen LogP contribution in [0.5, 0.6) is 11.6 Å². The Morgan fingerprint density at radius 3 is 2.85 bits per heavy atom. The maximum absolute atomic E-state index is 11.0. The molecule has 0 amide bonds. The van der Waals surface area contributed by atoms with Crippen molar-refractivity contribution in [1.82, 2.24) is 9.97 Å². The van der Waals surface area contributed by atoms with Crippen LogP contribution in [0.25, 0.3) is 10.2 Å². The first-order valence-corrected chi connectivity index (χ1v) is 6.45. The second kappa shape index (κ2) is 4.74. The van der Waals surface area contributed by atoms with Crippen LogP contribution in [-0.2, 0) is 0 Å². The van der Waals surface area contributed by atoms with Crippen molar-refractivity contribution in [3.8, 4) is 11.6 Å². The van der Waals surface area contributed by atoms with E-state index >= 15 is 0 Å². The Labute approximate surface area is 116 Å². The lowest BCUT2D eigenvalue weighted by Gasteiger charge is -2.06. The molecule has 0 spiro atoms. The minimum Gasteiger partial charge on any atom is -0.431 e. The number of aromatic nitrogens is 2. The van der Waals surface area contributed by atoms with Crippen molar-refractivity contribution in [2.75, 3.05) is 5.73 Å². The number of para-hydroxylation sites is 2. The number of anilines is 1. The molecular weight excluding hydrogens is 280 g/mol. The summed E-state index contributed by atoms with van der Waals surface area (Å²) in [4.78, 5) is 19.2. The molecular formula is C12H8N4O3S. The highest BCUT2D eigenvalue weighted by Crippen LogP contribution is 2.34. The summed E-state index contributed by atoms with van der Waals surface area (Å²) in [5.74, 6) is 0.389. The molecule has 0 saturated heterocycles. The number of hydrogen-bond acceptors (Lipinski definition) is 7. The van der Waals surface area contributed by atoms with Gasteiger partial charge in [0.2, 0.25) is 17.6 Å². The number of nitrogen functional groups attached to an aromatic ring is 1. The van der Waals surface area contributed by atoms with E-state index in [-0.39, 0.29) is 23.3 Å². The van der Waals surface area contributed by atoms with Crippen LogP contribution in [0.2, 0.25) is 0 Å². The van der Waals surface area contributed by atoms with Gasteiger partial charge in [-0.15, -0.1) is 11.3 Å². The number of nitro groups is 1. The summed E-state index contributed by atoms with van der Waals surface area (Å²) < 4.78 is 5.56. The van der Waals surface area contributed by atoms with Crippen molar-refractivity contribution in [1.29, 1.82) is 0 Å². The lowest BCUT2D eigenvalue weighted by molar-refractivity contribution is -0.385. The molecule has 0 aliphatic rings. The van der Waals surface area contributed by atoms with Gasteiger partial charge in [-0.05, 0) is 17.5 Å². The number of nitro benzene ring substituents is 1. The lowest BCUT2D eigenvalue weighted by atomic mass is 10.3. The van der Waals surface area contributed by atoms with Crippen LogP contribution in [0.3, 0.4) is 0 Å². The summed E-state index contributed by atoms with van der Waals surface area (Å²) >= 11 is 1.39. The van der Waals surface area contributed by atoms with Crippen LogP contribution < -0.4 is 10.5 Å². The van der Waals surface area contributed by atoms with Gasteiger partial charge in [0.05, 0.1) is 10.3 Å². The molecule has 0 aliphatic carbocycles. The Bertz CT molecular complexity index is 802. The van der Waals surface area contributed by atoms with E-state index in [2.05, 4.69) is 9.97 Å². The maximum atomic E-state index is 11.0. The molecule has 2 heterocycles. The Balaban J connectivity index is 2.10.